The van der Waals surface area contributed by atoms with Crippen molar-refractivity contribution in [1.82, 2.24) is 21.3 Å². The van der Waals surface area contributed by atoms with Gasteiger partial charge in [0.25, 0.3) is 0 Å². The van der Waals surface area contributed by atoms with Crippen molar-refractivity contribution < 1.29 is 58.8 Å². The van der Waals surface area contributed by atoms with Crippen molar-refractivity contribution in [2.24, 2.45) is 38.7 Å². The molecule has 4 amide bonds. The lowest BCUT2D eigenvalue weighted by molar-refractivity contribution is -0.144. The Hall–Kier alpha value is -5.74. The lowest BCUT2D eigenvalue weighted by atomic mass is 10.1. The van der Waals surface area contributed by atoms with Crippen LogP contribution < -0.4 is 49.9 Å². The predicted molar refractivity (Wildman–Crippen MR) is 165 cm³/mol. The molecule has 0 fully saturated rings. The summed E-state index contributed by atoms with van der Waals surface area (Å²) in [5.74, 6) is -10.7. The summed E-state index contributed by atoms with van der Waals surface area (Å²) in [5, 5.41) is 45.6. The number of amides is 4. The SMILES string of the molecule is NC(N)=NCCC[C@H](NC(=O)[C@H](CC(=O)O)NC(=O)CC[C@H](N)C(=O)N[C@@H](CC(=O)O)C(=O)N[C@@H](CCCN=C(N)N)C(=O)O)C(=O)O. The smallest absolute Gasteiger partial charge is 0.326 e. The van der Waals surface area contributed by atoms with Crippen LogP contribution in [0.5, 0.6) is 0 Å². The van der Waals surface area contributed by atoms with Gasteiger partial charge in [-0.15, -0.1) is 0 Å². The molecule has 0 saturated heterocycles. The van der Waals surface area contributed by atoms with Gasteiger partial charge in [0.05, 0.1) is 18.9 Å². The number of carboxylic acid groups (broad SMARTS) is 4. The van der Waals surface area contributed by atoms with Gasteiger partial charge in [-0.25, -0.2) is 9.59 Å². The van der Waals surface area contributed by atoms with Gasteiger partial charge in [0.15, 0.2) is 11.9 Å². The number of aliphatic imine (C=N–C) groups is 2. The minimum absolute atomic E-state index is 0.0477. The van der Waals surface area contributed by atoms with E-state index in [9.17, 15) is 58.8 Å². The Bertz CT molecular complexity index is 1240. The zero-order valence-corrected chi connectivity index (χ0v) is 25.8. The van der Waals surface area contributed by atoms with E-state index >= 15 is 0 Å². The molecule has 0 radical (unpaired) electrons. The van der Waals surface area contributed by atoms with Gasteiger partial charge < -0.3 is 70.4 Å². The number of carbonyl (C=O) groups is 8. The van der Waals surface area contributed by atoms with Crippen molar-refractivity contribution in [3.8, 4) is 0 Å². The minimum Gasteiger partial charge on any atom is -0.481 e. The zero-order valence-electron chi connectivity index (χ0n) is 25.8. The second kappa shape index (κ2) is 21.9. The van der Waals surface area contributed by atoms with Crippen LogP contribution in [0.25, 0.3) is 0 Å². The van der Waals surface area contributed by atoms with E-state index in [0.717, 1.165) is 0 Å². The molecule has 0 aromatic carbocycles. The third-order valence-corrected chi connectivity index (χ3v) is 6.18. The number of nitrogens with zero attached hydrogens (tertiary/aromatic N) is 2. The average Bonchev–Trinajstić information content (AvgIpc) is 2.96. The number of hydrogen-bond acceptors (Lipinski definition) is 11. The van der Waals surface area contributed by atoms with Crippen LogP contribution in [0.3, 0.4) is 0 Å². The van der Waals surface area contributed by atoms with E-state index in [1.807, 2.05) is 0 Å². The normalized spacial score (nSPS) is 13.6. The number of nitrogens with one attached hydrogen (secondary N) is 4. The van der Waals surface area contributed by atoms with Crippen molar-refractivity contribution in [3.63, 3.8) is 0 Å². The number of nitrogens with two attached hydrogens (primary N) is 5. The first-order chi connectivity index (χ1) is 22.3. The molecule has 23 nitrogen and oxygen atoms in total. The standard InChI is InChI=1S/C25H43N11O12/c26-11(19(42)36-15(10-18(40)41)21(44)35-13(23(47)48)4-2-8-32-25(29)30)5-6-16(37)33-14(9-17(38)39)20(43)34-12(22(45)46)3-1-7-31-24(27)28/h11-15H,1-10,26H2,(H,33,37)(H,34,43)(H,35,44)(H,36,42)(H,38,39)(H,40,41)(H,45,46)(H,47,48)(H4,27,28,31)(H4,29,30,32)/t11-,12-,13-,14-,15-/m0/s1. The molecule has 0 rings (SSSR count). The van der Waals surface area contributed by atoms with Crippen LogP contribution >= 0.6 is 0 Å². The molecule has 0 aliphatic rings. The summed E-state index contributed by atoms with van der Waals surface area (Å²) >= 11 is 0. The van der Waals surface area contributed by atoms with E-state index in [-0.39, 0.29) is 50.7 Å². The molecule has 0 unspecified atom stereocenters. The van der Waals surface area contributed by atoms with E-state index in [0.29, 0.717) is 0 Å². The van der Waals surface area contributed by atoms with Gasteiger partial charge in [-0.2, -0.15) is 0 Å². The molecule has 23 heteroatoms. The van der Waals surface area contributed by atoms with Gasteiger partial charge in [-0.05, 0) is 32.1 Å². The summed E-state index contributed by atoms with van der Waals surface area (Å²) in [6, 6.07) is -7.96. The highest BCUT2D eigenvalue weighted by Crippen LogP contribution is 2.05. The first-order valence-corrected chi connectivity index (χ1v) is 14.3. The van der Waals surface area contributed by atoms with Crippen molar-refractivity contribution in [3.05, 3.63) is 0 Å². The van der Waals surface area contributed by atoms with E-state index in [1.54, 1.807) is 0 Å². The Balaban J connectivity index is 5.32. The third kappa shape index (κ3) is 18.9. The highest BCUT2D eigenvalue weighted by molar-refractivity contribution is 5.95. The molecule has 0 spiro atoms. The minimum atomic E-state index is -1.76. The molecular weight excluding hydrogens is 646 g/mol. The fourth-order valence-corrected chi connectivity index (χ4v) is 3.80. The molecule has 48 heavy (non-hydrogen) atoms. The van der Waals surface area contributed by atoms with E-state index in [2.05, 4.69) is 31.3 Å². The van der Waals surface area contributed by atoms with Gasteiger partial charge in [-0.3, -0.25) is 38.8 Å². The molecule has 5 atom stereocenters. The Morgan fingerprint density at radius 2 is 0.917 bits per heavy atom. The van der Waals surface area contributed by atoms with Gasteiger partial charge >= 0.3 is 23.9 Å². The fourth-order valence-electron chi connectivity index (χ4n) is 3.80. The fraction of sp³-hybridized carbons (Fsp3) is 0.600. The monoisotopic (exact) mass is 689 g/mol. The van der Waals surface area contributed by atoms with Crippen LogP contribution in [0.2, 0.25) is 0 Å². The van der Waals surface area contributed by atoms with Crippen LogP contribution in [0.4, 0.5) is 0 Å². The quantitative estimate of drug-likeness (QED) is 0.0255. The number of carbonyl (C=O) groups excluding carboxylic acids is 4. The van der Waals surface area contributed by atoms with E-state index in [4.69, 9.17) is 28.7 Å². The molecule has 0 aromatic rings. The third-order valence-electron chi connectivity index (χ3n) is 6.18. The number of rotatable bonds is 24. The molecule has 270 valence electrons. The van der Waals surface area contributed by atoms with Crippen LogP contribution in [0.1, 0.15) is 51.4 Å². The highest BCUT2D eigenvalue weighted by Gasteiger charge is 2.31. The zero-order chi connectivity index (χ0) is 37.0. The van der Waals surface area contributed by atoms with E-state index in [1.165, 1.54) is 0 Å². The molecule has 0 aromatic heterocycles. The number of hydrogen-bond donors (Lipinski definition) is 13. The summed E-state index contributed by atoms with van der Waals surface area (Å²) in [6.07, 6.45) is -2.89. The van der Waals surface area contributed by atoms with Crippen molar-refractivity contribution >= 4 is 59.4 Å². The summed E-state index contributed by atoms with van der Waals surface area (Å²) in [5.41, 5.74) is 26.6. The number of carboxylic acids is 4. The molecule has 0 bridgehead atoms. The predicted octanol–water partition coefficient (Wildman–Crippen LogP) is -5.74. The van der Waals surface area contributed by atoms with Crippen LogP contribution in [0.15, 0.2) is 9.98 Å². The van der Waals surface area contributed by atoms with Crippen molar-refractivity contribution in [2.45, 2.75) is 81.6 Å². The summed E-state index contributed by atoms with van der Waals surface area (Å²) in [6.45, 7) is 0.101. The second-order valence-electron chi connectivity index (χ2n) is 10.2. The van der Waals surface area contributed by atoms with Gasteiger partial charge in [0.2, 0.25) is 23.6 Å². The maximum Gasteiger partial charge on any atom is 0.326 e. The van der Waals surface area contributed by atoms with Crippen LogP contribution in [-0.2, 0) is 38.4 Å². The van der Waals surface area contributed by atoms with Crippen LogP contribution in [0, 0.1) is 0 Å². The summed E-state index contributed by atoms with van der Waals surface area (Å²) in [7, 11) is 0. The largest absolute Gasteiger partial charge is 0.481 e. The van der Waals surface area contributed by atoms with Crippen molar-refractivity contribution in [2.75, 3.05) is 13.1 Å². The number of guanidine groups is 2. The lowest BCUT2D eigenvalue weighted by Crippen LogP contribution is -2.55. The number of aliphatic carboxylic acids is 4. The molecule has 0 aliphatic carbocycles. The maximum atomic E-state index is 12.7. The lowest BCUT2D eigenvalue weighted by Gasteiger charge is -2.22. The van der Waals surface area contributed by atoms with Crippen LogP contribution in [-0.4, -0.2) is 123 Å². The summed E-state index contributed by atoms with van der Waals surface area (Å²) < 4.78 is 0. The molecule has 0 aliphatic heterocycles. The highest BCUT2D eigenvalue weighted by atomic mass is 16.4. The van der Waals surface area contributed by atoms with Gasteiger partial charge in [0.1, 0.15) is 24.2 Å². The summed E-state index contributed by atoms with van der Waals surface area (Å²) in [4.78, 5) is 104. The molecule has 0 saturated carbocycles. The van der Waals surface area contributed by atoms with Gasteiger partial charge in [-0.1, -0.05) is 0 Å². The second-order valence-corrected chi connectivity index (χ2v) is 10.2. The average molecular weight is 690 g/mol. The Morgan fingerprint density at radius 1 is 0.542 bits per heavy atom. The first-order valence-electron chi connectivity index (χ1n) is 14.3. The Kier molecular flexibility index (Phi) is 19.3. The Labute approximate surface area is 273 Å². The molecule has 18 N–H and O–H groups in total. The molecular formula is C25H43N11O12. The topological polar surface area (TPSA) is 420 Å². The maximum absolute atomic E-state index is 12.7. The first kappa shape index (κ1) is 42.3. The van der Waals surface area contributed by atoms with Gasteiger partial charge in [0, 0.05) is 19.5 Å². The van der Waals surface area contributed by atoms with E-state index < -0.39 is 103 Å². The molecule has 0 heterocycles. The van der Waals surface area contributed by atoms with Crippen molar-refractivity contribution in [1.29, 1.82) is 0 Å². The Morgan fingerprint density at radius 3 is 1.27 bits per heavy atom.